The molecular formula is C11H15N3O5. The number of nitrogens with one attached hydrogen (secondary N) is 1. The van der Waals surface area contributed by atoms with E-state index in [-0.39, 0.29) is 23.8 Å². The largest absolute Gasteiger partial charge is 0.481 e. The maximum atomic E-state index is 11.2. The summed E-state index contributed by atoms with van der Waals surface area (Å²) in [6, 6.07) is 2.56. The first-order valence-corrected chi connectivity index (χ1v) is 5.55. The van der Waals surface area contributed by atoms with E-state index in [9.17, 15) is 14.9 Å². The van der Waals surface area contributed by atoms with E-state index in [0.29, 0.717) is 0 Å². The maximum Gasteiger partial charge on any atom is 0.329 e. The van der Waals surface area contributed by atoms with Gasteiger partial charge in [-0.1, -0.05) is 6.92 Å². The van der Waals surface area contributed by atoms with Crippen LogP contribution in [0.4, 0.5) is 11.5 Å². The van der Waals surface area contributed by atoms with Crippen LogP contribution in [0.2, 0.25) is 0 Å². The summed E-state index contributed by atoms with van der Waals surface area (Å²) in [5, 5.41) is 22.7. The van der Waals surface area contributed by atoms with E-state index in [1.165, 1.54) is 26.2 Å². The van der Waals surface area contributed by atoms with Crippen LogP contribution in [0.5, 0.6) is 5.88 Å². The Morgan fingerprint density at radius 2 is 2.26 bits per heavy atom. The predicted molar refractivity (Wildman–Crippen MR) is 67.4 cm³/mol. The monoisotopic (exact) mass is 269 g/mol. The lowest BCUT2D eigenvalue weighted by atomic mass is 9.99. The molecule has 0 radical (unpaired) electrons. The number of rotatable bonds is 6. The number of carbonyl (C=O) groups is 1. The zero-order chi connectivity index (χ0) is 14.6. The molecule has 0 aliphatic carbocycles. The fourth-order valence-electron chi connectivity index (χ4n) is 1.34. The third-order valence-electron chi connectivity index (χ3n) is 2.83. The van der Waals surface area contributed by atoms with E-state index in [0.717, 1.165) is 0 Å². The van der Waals surface area contributed by atoms with Crippen molar-refractivity contribution in [1.82, 2.24) is 4.98 Å². The molecule has 8 heteroatoms. The summed E-state index contributed by atoms with van der Waals surface area (Å²) in [5.74, 6) is -1.08. The van der Waals surface area contributed by atoms with Crippen molar-refractivity contribution in [2.24, 2.45) is 0 Å². The molecule has 104 valence electrons. The highest BCUT2D eigenvalue weighted by atomic mass is 16.6. The molecule has 0 amide bonds. The summed E-state index contributed by atoms with van der Waals surface area (Å²) in [7, 11) is 1.37. The number of methoxy groups -OCH3 is 1. The summed E-state index contributed by atoms with van der Waals surface area (Å²) < 4.78 is 4.88. The zero-order valence-corrected chi connectivity index (χ0v) is 10.8. The molecule has 0 spiro atoms. The van der Waals surface area contributed by atoms with Gasteiger partial charge in [0.25, 0.3) is 0 Å². The first-order valence-electron chi connectivity index (χ1n) is 5.55. The van der Waals surface area contributed by atoms with Crippen molar-refractivity contribution in [2.75, 3.05) is 12.4 Å². The van der Waals surface area contributed by atoms with Crippen LogP contribution in [0.15, 0.2) is 12.1 Å². The Kier molecular flexibility index (Phi) is 4.26. The molecule has 0 bridgehead atoms. The SMILES string of the molecule is CCC(C)(Nc1nc(OC)ccc1[N+](=O)[O-])C(=O)O. The third-order valence-corrected chi connectivity index (χ3v) is 2.83. The van der Waals surface area contributed by atoms with Crippen molar-refractivity contribution < 1.29 is 19.6 Å². The lowest BCUT2D eigenvalue weighted by Crippen LogP contribution is -2.43. The van der Waals surface area contributed by atoms with Gasteiger partial charge < -0.3 is 15.2 Å². The van der Waals surface area contributed by atoms with Gasteiger partial charge in [0.2, 0.25) is 11.7 Å². The van der Waals surface area contributed by atoms with Crippen LogP contribution in [-0.4, -0.2) is 33.6 Å². The predicted octanol–water partition coefficient (Wildman–Crippen LogP) is 1.66. The number of aromatic nitrogens is 1. The van der Waals surface area contributed by atoms with E-state index in [2.05, 4.69) is 10.3 Å². The lowest BCUT2D eigenvalue weighted by Gasteiger charge is -2.25. The molecule has 1 aromatic heterocycles. The fourth-order valence-corrected chi connectivity index (χ4v) is 1.34. The molecule has 8 nitrogen and oxygen atoms in total. The molecule has 1 unspecified atom stereocenters. The van der Waals surface area contributed by atoms with Crippen molar-refractivity contribution in [3.05, 3.63) is 22.2 Å². The Balaban J connectivity index is 3.24. The van der Waals surface area contributed by atoms with Gasteiger partial charge >= 0.3 is 11.7 Å². The minimum Gasteiger partial charge on any atom is -0.481 e. The lowest BCUT2D eigenvalue weighted by molar-refractivity contribution is -0.384. The molecule has 0 saturated heterocycles. The second kappa shape index (κ2) is 5.51. The minimum atomic E-state index is -1.34. The summed E-state index contributed by atoms with van der Waals surface area (Å²) in [6.07, 6.45) is 0.235. The van der Waals surface area contributed by atoms with Crippen molar-refractivity contribution in [1.29, 1.82) is 0 Å². The second-order valence-electron chi connectivity index (χ2n) is 4.09. The molecule has 0 aliphatic rings. The average molecular weight is 269 g/mol. The Bertz CT molecular complexity index is 505. The Morgan fingerprint density at radius 3 is 2.68 bits per heavy atom. The van der Waals surface area contributed by atoms with E-state index in [4.69, 9.17) is 9.84 Å². The Morgan fingerprint density at radius 1 is 1.63 bits per heavy atom. The highest BCUT2D eigenvalue weighted by molar-refractivity contribution is 5.82. The van der Waals surface area contributed by atoms with Crippen molar-refractivity contribution in [3.8, 4) is 5.88 Å². The number of carboxylic acids is 1. The van der Waals surface area contributed by atoms with Gasteiger partial charge in [0.15, 0.2) is 0 Å². The van der Waals surface area contributed by atoms with E-state index < -0.39 is 16.4 Å². The number of hydrogen-bond acceptors (Lipinski definition) is 6. The molecule has 0 fully saturated rings. The maximum absolute atomic E-state index is 11.2. The first-order chi connectivity index (χ1) is 8.84. The Labute approximate surface area is 109 Å². The van der Waals surface area contributed by atoms with Crippen LogP contribution in [0.1, 0.15) is 20.3 Å². The number of pyridine rings is 1. The number of nitro groups is 1. The quantitative estimate of drug-likeness (QED) is 0.596. The van der Waals surface area contributed by atoms with Gasteiger partial charge in [-0.3, -0.25) is 10.1 Å². The molecule has 1 aromatic rings. The third kappa shape index (κ3) is 3.09. The number of nitrogens with zero attached hydrogens (tertiary/aromatic N) is 2. The molecule has 1 rings (SSSR count). The number of aliphatic carboxylic acids is 1. The highest BCUT2D eigenvalue weighted by Crippen LogP contribution is 2.28. The molecule has 19 heavy (non-hydrogen) atoms. The smallest absolute Gasteiger partial charge is 0.329 e. The summed E-state index contributed by atoms with van der Waals surface area (Å²) >= 11 is 0. The van der Waals surface area contributed by atoms with Crippen LogP contribution in [0.3, 0.4) is 0 Å². The van der Waals surface area contributed by atoms with Crippen LogP contribution in [-0.2, 0) is 4.79 Å². The number of hydrogen-bond donors (Lipinski definition) is 2. The minimum absolute atomic E-state index is 0.129. The number of anilines is 1. The molecule has 0 aromatic carbocycles. The van der Waals surface area contributed by atoms with Crippen LogP contribution in [0, 0.1) is 10.1 Å². The number of ether oxygens (including phenoxy) is 1. The summed E-state index contributed by atoms with van der Waals surface area (Å²) in [5.41, 5.74) is -1.65. The molecule has 1 atom stereocenters. The van der Waals surface area contributed by atoms with Crippen LogP contribution >= 0.6 is 0 Å². The zero-order valence-electron chi connectivity index (χ0n) is 10.8. The van der Waals surface area contributed by atoms with E-state index in [1.807, 2.05) is 0 Å². The number of carboxylic acid groups (broad SMARTS) is 1. The van der Waals surface area contributed by atoms with Gasteiger partial charge in [-0.15, -0.1) is 0 Å². The topological polar surface area (TPSA) is 115 Å². The highest BCUT2D eigenvalue weighted by Gasteiger charge is 2.33. The van der Waals surface area contributed by atoms with Gasteiger partial charge in [0.1, 0.15) is 5.54 Å². The van der Waals surface area contributed by atoms with Crippen molar-refractivity contribution in [3.63, 3.8) is 0 Å². The first kappa shape index (κ1) is 14.7. The van der Waals surface area contributed by atoms with Gasteiger partial charge in [-0.2, -0.15) is 4.98 Å². The molecule has 0 aliphatic heterocycles. The van der Waals surface area contributed by atoms with Gasteiger partial charge in [0.05, 0.1) is 12.0 Å². The van der Waals surface area contributed by atoms with Crippen LogP contribution in [0.25, 0.3) is 0 Å². The summed E-state index contributed by atoms with van der Waals surface area (Å²) in [6.45, 7) is 3.09. The van der Waals surface area contributed by atoms with Gasteiger partial charge in [0, 0.05) is 12.1 Å². The van der Waals surface area contributed by atoms with E-state index >= 15 is 0 Å². The molecule has 0 saturated carbocycles. The average Bonchev–Trinajstić information content (AvgIpc) is 2.37. The Hall–Kier alpha value is -2.38. The molecule has 2 N–H and O–H groups in total. The fraction of sp³-hybridized carbons (Fsp3) is 0.455. The summed E-state index contributed by atoms with van der Waals surface area (Å²) in [4.78, 5) is 25.4. The molecular weight excluding hydrogens is 254 g/mol. The van der Waals surface area contributed by atoms with E-state index in [1.54, 1.807) is 6.92 Å². The van der Waals surface area contributed by atoms with Crippen molar-refractivity contribution in [2.45, 2.75) is 25.8 Å². The van der Waals surface area contributed by atoms with Crippen molar-refractivity contribution >= 4 is 17.5 Å². The standard InChI is InChI=1S/C11H15N3O5/c1-4-11(2,10(15)16)13-9-7(14(17)18)5-6-8(12-9)19-3/h5-6H,4H2,1-3H3,(H,12,13)(H,15,16). The van der Waals surface area contributed by atoms with Gasteiger partial charge in [-0.05, 0) is 13.3 Å². The normalized spacial score (nSPS) is 13.4. The van der Waals surface area contributed by atoms with Crippen LogP contribution < -0.4 is 10.1 Å². The second-order valence-corrected chi connectivity index (χ2v) is 4.09. The molecule has 1 heterocycles. The van der Waals surface area contributed by atoms with Gasteiger partial charge in [-0.25, -0.2) is 4.79 Å².